The fraction of sp³-hybridized carbons (Fsp3) is 0.200. The minimum Gasteiger partial charge on any atom is -0.494 e. The first-order chi connectivity index (χ1) is 14.4. The molecule has 0 fully saturated rings. The second-order valence-corrected chi connectivity index (χ2v) is 6.01. The van der Waals surface area contributed by atoms with Crippen LogP contribution in [0.25, 0.3) is 5.69 Å². The molecular weight excluding hydrogens is 401 g/mol. The molecule has 7 nitrogen and oxygen atoms in total. The van der Waals surface area contributed by atoms with Gasteiger partial charge in [-0.15, -0.1) is 0 Å². The molecule has 2 aromatic carbocycles. The van der Waals surface area contributed by atoms with Crippen LogP contribution in [0, 0.1) is 17.5 Å². The lowest BCUT2D eigenvalue weighted by molar-refractivity contribution is 0.349. The van der Waals surface area contributed by atoms with Gasteiger partial charge in [0.1, 0.15) is 11.5 Å². The maximum absolute atomic E-state index is 14.4. The van der Waals surface area contributed by atoms with Gasteiger partial charge in [0.05, 0.1) is 12.8 Å². The highest BCUT2D eigenvalue weighted by Crippen LogP contribution is 2.32. The van der Waals surface area contributed by atoms with E-state index in [-0.39, 0.29) is 29.0 Å². The first-order valence-electron chi connectivity index (χ1n) is 8.95. The molecule has 0 unspecified atom stereocenters. The Morgan fingerprint density at radius 1 is 1.03 bits per heavy atom. The van der Waals surface area contributed by atoms with E-state index in [4.69, 9.17) is 9.47 Å². The predicted molar refractivity (Wildman–Crippen MR) is 106 cm³/mol. The number of benzene rings is 2. The Morgan fingerprint density at radius 3 is 2.27 bits per heavy atom. The summed E-state index contributed by atoms with van der Waals surface area (Å²) in [6.45, 7) is 2.23. The van der Waals surface area contributed by atoms with E-state index >= 15 is 0 Å². The molecular formula is C20H19F3N4O3. The fourth-order valence-electron chi connectivity index (χ4n) is 2.76. The molecule has 0 atom stereocenters. The van der Waals surface area contributed by atoms with E-state index < -0.39 is 28.8 Å². The van der Waals surface area contributed by atoms with E-state index in [1.54, 1.807) is 6.92 Å². The largest absolute Gasteiger partial charge is 0.494 e. The van der Waals surface area contributed by atoms with Gasteiger partial charge in [-0.05, 0) is 43.3 Å². The summed E-state index contributed by atoms with van der Waals surface area (Å²) in [6.07, 6.45) is 0. The molecule has 0 aliphatic heterocycles. The second kappa shape index (κ2) is 8.76. The lowest BCUT2D eigenvalue weighted by Gasteiger charge is -2.17. The number of anilines is 2. The van der Waals surface area contributed by atoms with Crippen LogP contribution < -0.4 is 25.7 Å². The highest BCUT2D eigenvalue weighted by Gasteiger charge is 2.22. The van der Waals surface area contributed by atoms with Crippen molar-refractivity contribution < 1.29 is 22.6 Å². The number of aromatic nitrogens is 2. The first kappa shape index (κ1) is 21.0. The highest BCUT2D eigenvalue weighted by molar-refractivity contribution is 5.64. The highest BCUT2D eigenvalue weighted by atomic mass is 19.2. The van der Waals surface area contributed by atoms with Gasteiger partial charge < -0.3 is 20.1 Å². The van der Waals surface area contributed by atoms with Crippen LogP contribution in [0.2, 0.25) is 0 Å². The number of halogens is 3. The molecule has 1 aromatic heterocycles. The normalized spacial score (nSPS) is 10.6. The zero-order chi connectivity index (χ0) is 21.8. The first-order valence-corrected chi connectivity index (χ1v) is 8.95. The molecule has 0 saturated heterocycles. The number of hydrogen-bond donors (Lipinski definition) is 2. The fourth-order valence-corrected chi connectivity index (χ4v) is 2.76. The van der Waals surface area contributed by atoms with Crippen LogP contribution in [-0.4, -0.2) is 30.3 Å². The Bertz CT molecular complexity index is 1120. The van der Waals surface area contributed by atoms with Crippen LogP contribution in [-0.2, 0) is 0 Å². The Hall–Kier alpha value is -3.69. The number of methoxy groups -OCH3 is 1. The Kier molecular flexibility index (Phi) is 6.14. The van der Waals surface area contributed by atoms with E-state index in [1.165, 1.54) is 32.4 Å². The van der Waals surface area contributed by atoms with Gasteiger partial charge in [-0.25, -0.2) is 8.96 Å². The van der Waals surface area contributed by atoms with Crippen molar-refractivity contribution in [3.8, 4) is 23.2 Å². The number of hydrogen-bond acceptors (Lipinski definition) is 6. The summed E-state index contributed by atoms with van der Waals surface area (Å²) in [4.78, 5) is 17.4. The average Bonchev–Trinajstić information content (AvgIpc) is 2.73. The topological polar surface area (TPSA) is 77.4 Å². The average molecular weight is 420 g/mol. The summed E-state index contributed by atoms with van der Waals surface area (Å²) < 4.78 is 53.2. The van der Waals surface area contributed by atoms with Gasteiger partial charge in [0.2, 0.25) is 11.6 Å². The van der Waals surface area contributed by atoms with Crippen LogP contribution in [0.15, 0.2) is 41.2 Å². The van der Waals surface area contributed by atoms with Crippen molar-refractivity contribution in [3.05, 3.63) is 64.2 Å². The third-order valence-electron chi connectivity index (χ3n) is 4.16. The monoisotopic (exact) mass is 420 g/mol. The van der Waals surface area contributed by atoms with E-state index in [1.807, 2.05) is 0 Å². The molecule has 1 heterocycles. The van der Waals surface area contributed by atoms with E-state index in [0.29, 0.717) is 6.54 Å². The summed E-state index contributed by atoms with van der Waals surface area (Å²) in [6, 6.07) is 6.96. The van der Waals surface area contributed by atoms with Crippen LogP contribution in [0.5, 0.6) is 17.5 Å². The van der Waals surface area contributed by atoms with Gasteiger partial charge in [-0.2, -0.15) is 13.8 Å². The summed E-state index contributed by atoms with van der Waals surface area (Å²) in [5.74, 6) is -3.71. The molecule has 0 saturated carbocycles. The molecule has 3 rings (SSSR count). The van der Waals surface area contributed by atoms with Crippen molar-refractivity contribution in [1.82, 2.24) is 9.55 Å². The zero-order valence-electron chi connectivity index (χ0n) is 16.4. The van der Waals surface area contributed by atoms with Crippen LogP contribution in [0.1, 0.15) is 6.92 Å². The minimum atomic E-state index is -1.31. The number of nitrogens with one attached hydrogen (secondary N) is 2. The number of nitrogens with zero attached hydrogens (tertiary/aromatic N) is 2. The lowest BCUT2D eigenvalue weighted by atomic mass is 10.3. The van der Waals surface area contributed by atoms with Crippen molar-refractivity contribution in [2.75, 3.05) is 31.3 Å². The summed E-state index contributed by atoms with van der Waals surface area (Å²) >= 11 is 0. The smallest absolute Gasteiger partial charge is 0.311 e. The maximum Gasteiger partial charge on any atom is 0.311 e. The molecule has 158 valence electrons. The molecule has 2 N–H and O–H groups in total. The molecule has 0 radical (unpaired) electrons. The zero-order valence-corrected chi connectivity index (χ0v) is 16.4. The van der Waals surface area contributed by atoms with Crippen molar-refractivity contribution in [2.24, 2.45) is 0 Å². The molecule has 3 aromatic rings. The second-order valence-electron chi connectivity index (χ2n) is 6.01. The van der Waals surface area contributed by atoms with Gasteiger partial charge >= 0.3 is 6.01 Å². The molecule has 10 heteroatoms. The van der Waals surface area contributed by atoms with Crippen LogP contribution in [0.3, 0.4) is 0 Å². The molecule has 0 spiro atoms. The molecule has 0 bridgehead atoms. The number of ether oxygens (including phenoxy) is 2. The van der Waals surface area contributed by atoms with Crippen LogP contribution >= 0.6 is 0 Å². The Labute approximate surface area is 170 Å². The minimum absolute atomic E-state index is 0.120. The van der Waals surface area contributed by atoms with Gasteiger partial charge in [0, 0.05) is 13.6 Å². The van der Waals surface area contributed by atoms with Gasteiger partial charge in [0.25, 0.3) is 5.56 Å². The van der Waals surface area contributed by atoms with Crippen LogP contribution in [0.4, 0.5) is 24.7 Å². The number of rotatable bonds is 7. The van der Waals surface area contributed by atoms with Gasteiger partial charge in [0.15, 0.2) is 17.3 Å². The van der Waals surface area contributed by atoms with E-state index in [9.17, 15) is 18.0 Å². The van der Waals surface area contributed by atoms with E-state index in [2.05, 4.69) is 15.6 Å². The lowest BCUT2D eigenvalue weighted by Crippen LogP contribution is -2.26. The third kappa shape index (κ3) is 3.88. The maximum atomic E-state index is 14.4. The Balaban J connectivity index is 2.23. The standard InChI is InChI=1S/C20H19F3N4O3/c1-4-25-18-17(24-2)19(28)27(12-7-5-11(21)6-8-12)20(26-18)30-14-10-9-13(29-3)15(22)16(14)23/h5-10,24-25H,4H2,1-3H3. The predicted octanol–water partition coefficient (Wildman–Crippen LogP) is 3.92. The SMILES string of the molecule is CCNc1nc(Oc2ccc(OC)c(F)c2F)n(-c2ccc(F)cc2)c(=O)c1NC. The van der Waals surface area contributed by atoms with Gasteiger partial charge in [-0.1, -0.05) is 0 Å². The third-order valence-corrected chi connectivity index (χ3v) is 4.16. The quantitative estimate of drug-likeness (QED) is 0.603. The Morgan fingerprint density at radius 2 is 1.67 bits per heavy atom. The van der Waals surface area contributed by atoms with Crippen molar-refractivity contribution in [3.63, 3.8) is 0 Å². The summed E-state index contributed by atoms with van der Waals surface area (Å²) in [7, 11) is 2.73. The molecule has 0 aliphatic carbocycles. The van der Waals surface area contributed by atoms with Crippen molar-refractivity contribution >= 4 is 11.5 Å². The van der Waals surface area contributed by atoms with E-state index in [0.717, 1.165) is 22.8 Å². The van der Waals surface area contributed by atoms with Gasteiger partial charge in [-0.3, -0.25) is 4.79 Å². The summed E-state index contributed by atoms with van der Waals surface area (Å²) in [5, 5.41) is 5.67. The van der Waals surface area contributed by atoms with Crippen molar-refractivity contribution in [1.29, 1.82) is 0 Å². The molecule has 30 heavy (non-hydrogen) atoms. The molecule has 0 aliphatic rings. The summed E-state index contributed by atoms with van der Waals surface area (Å²) in [5.41, 5.74) is -0.243. The molecule has 0 amide bonds. The van der Waals surface area contributed by atoms with Crippen molar-refractivity contribution in [2.45, 2.75) is 6.92 Å².